The number of fused-ring (bicyclic) bond motifs is 2. The van der Waals surface area contributed by atoms with E-state index in [-0.39, 0.29) is 35.4 Å². The number of nitrogens with one attached hydrogen (secondary N) is 2. The van der Waals surface area contributed by atoms with Crippen LogP contribution in [0.2, 0.25) is 0 Å². The number of hydrogen-bond donors (Lipinski definition) is 4. The van der Waals surface area contributed by atoms with Crippen LogP contribution >= 0.6 is 31.9 Å². The fraction of sp³-hybridized carbons (Fsp3) is 0.375. The molecule has 4 atom stereocenters. The Labute approximate surface area is 286 Å². The summed E-state index contributed by atoms with van der Waals surface area (Å²) in [5.41, 5.74) is 3.23. The van der Waals surface area contributed by atoms with Gasteiger partial charge in [0.1, 0.15) is 11.1 Å². The number of nitrogens with zero attached hydrogens (tertiary/aromatic N) is 2. The van der Waals surface area contributed by atoms with E-state index in [2.05, 4.69) is 52.5 Å². The monoisotopic (exact) mass is 776 g/mol. The topological polar surface area (TPSA) is 194 Å². The van der Waals surface area contributed by atoms with Gasteiger partial charge in [0.15, 0.2) is 4.75 Å². The summed E-state index contributed by atoms with van der Waals surface area (Å²) < 4.78 is 14.3. The molecule has 15 heteroatoms. The highest BCUT2D eigenvalue weighted by molar-refractivity contribution is 9.10. The van der Waals surface area contributed by atoms with Gasteiger partial charge in [0.05, 0.1) is 34.6 Å². The number of benzene rings is 2. The molecule has 2 aliphatic rings. The number of ether oxygens (including phenoxy) is 2. The van der Waals surface area contributed by atoms with Gasteiger partial charge in [0.25, 0.3) is 0 Å². The maximum Gasteiger partial charge on any atom is 0.339 e. The smallest absolute Gasteiger partial charge is 0.339 e. The summed E-state index contributed by atoms with van der Waals surface area (Å²) in [5.74, 6) is -1.95. The Hall–Kier alpha value is -3.92. The van der Waals surface area contributed by atoms with E-state index < -0.39 is 11.9 Å². The number of methoxy groups -OCH3 is 2. The zero-order chi connectivity index (χ0) is 34.1. The van der Waals surface area contributed by atoms with Crippen molar-refractivity contribution in [1.29, 1.82) is 0 Å². The van der Waals surface area contributed by atoms with Crippen molar-refractivity contribution in [1.82, 2.24) is 9.97 Å². The molecule has 2 aromatic heterocycles. The average Bonchev–Trinajstić information content (AvgIpc) is 3.71. The second-order valence-corrected chi connectivity index (χ2v) is 13.0. The maximum atomic E-state index is 11.5. The van der Waals surface area contributed by atoms with Crippen LogP contribution in [0.3, 0.4) is 0 Å². The lowest BCUT2D eigenvalue weighted by Gasteiger charge is -2.18. The minimum Gasteiger partial charge on any atom is -0.478 e. The largest absolute Gasteiger partial charge is 0.478 e. The van der Waals surface area contributed by atoms with Crippen molar-refractivity contribution in [2.75, 3.05) is 24.9 Å². The van der Waals surface area contributed by atoms with Crippen LogP contribution in [0.1, 0.15) is 59.2 Å². The third kappa shape index (κ3) is 9.12. The molecule has 0 saturated heterocycles. The highest BCUT2D eigenvalue weighted by Gasteiger charge is 2.28. The van der Waals surface area contributed by atoms with E-state index in [9.17, 15) is 19.8 Å². The quantitative estimate of drug-likeness (QED) is 0.0897. The second-order valence-electron chi connectivity index (χ2n) is 11.1. The van der Waals surface area contributed by atoms with Crippen molar-refractivity contribution in [2.24, 2.45) is 0 Å². The van der Waals surface area contributed by atoms with Crippen molar-refractivity contribution in [3.63, 3.8) is 0 Å². The normalized spacial score (nSPS) is 20.1. The number of anilines is 2. The summed E-state index contributed by atoms with van der Waals surface area (Å²) in [6.07, 6.45) is 9.00. The third-order valence-corrected chi connectivity index (χ3v) is 9.24. The van der Waals surface area contributed by atoms with Crippen LogP contribution in [0.25, 0.3) is 21.8 Å². The lowest BCUT2D eigenvalue weighted by Crippen LogP contribution is -2.19. The lowest BCUT2D eigenvalue weighted by atomic mass is 10.1. The number of rotatable bonds is 8. The van der Waals surface area contributed by atoms with Gasteiger partial charge >= 0.3 is 11.9 Å². The molecular weight excluding hydrogens is 744 g/mol. The van der Waals surface area contributed by atoms with Crippen LogP contribution in [0.15, 0.2) is 57.7 Å². The van der Waals surface area contributed by atoms with Gasteiger partial charge in [-0.3, -0.25) is 9.97 Å². The molecule has 13 nitrogen and oxygen atoms in total. The minimum absolute atomic E-state index is 0.200. The molecule has 6 rings (SSSR count). The molecule has 47 heavy (non-hydrogen) atoms. The molecule has 2 aliphatic carbocycles. The fourth-order valence-electron chi connectivity index (χ4n) is 5.94. The first-order valence-corrected chi connectivity index (χ1v) is 16.3. The molecule has 0 bridgehead atoms. The molecule has 0 amide bonds. The molecule has 2 heterocycles. The molecule has 2 saturated carbocycles. The Balaban J connectivity index is 0.000000197. The van der Waals surface area contributed by atoms with Crippen molar-refractivity contribution in [2.45, 2.75) is 62.8 Å². The fourth-order valence-corrected chi connectivity index (χ4v) is 6.67. The van der Waals surface area contributed by atoms with Crippen LogP contribution < -0.4 is 15.9 Å². The van der Waals surface area contributed by atoms with Crippen molar-refractivity contribution < 1.29 is 34.5 Å². The molecule has 2 fully saturated rings. The van der Waals surface area contributed by atoms with Crippen molar-refractivity contribution in [3.05, 3.63) is 78.6 Å². The molecule has 0 radical (unpaired) electrons. The van der Waals surface area contributed by atoms with Gasteiger partial charge in [0.2, 0.25) is 0 Å². The van der Waals surface area contributed by atoms with Crippen LogP contribution in [0.5, 0.6) is 0 Å². The molecule has 0 aliphatic heterocycles. The predicted octanol–water partition coefficient (Wildman–Crippen LogP) is 6.23. The number of carboxylic acid groups (broad SMARTS) is 2. The van der Waals surface area contributed by atoms with Crippen molar-refractivity contribution >= 4 is 77.0 Å². The van der Waals surface area contributed by atoms with E-state index in [0.717, 1.165) is 69.3 Å². The number of hydrogen-bond acceptors (Lipinski definition) is 10. The Bertz CT molecular complexity index is 1620. The van der Waals surface area contributed by atoms with Gasteiger partial charge < -0.3 is 30.3 Å². The van der Waals surface area contributed by atoms with Crippen LogP contribution in [0.4, 0.5) is 11.4 Å². The first-order valence-electron chi connectivity index (χ1n) is 14.7. The zero-order valence-electron chi connectivity index (χ0n) is 25.6. The lowest BCUT2D eigenvalue weighted by molar-refractivity contribution is -0.284. The van der Waals surface area contributed by atoms with E-state index in [1.807, 2.05) is 36.4 Å². The average molecular weight is 778 g/mol. The summed E-state index contributed by atoms with van der Waals surface area (Å²) in [4.78, 5) is 39.4. The third-order valence-electron chi connectivity index (χ3n) is 8.25. The van der Waals surface area contributed by atoms with Crippen molar-refractivity contribution in [3.8, 4) is 0 Å². The summed E-state index contributed by atoms with van der Waals surface area (Å²) in [6, 6.07) is 11.8. The van der Waals surface area contributed by atoms with Gasteiger partial charge in [-0.1, -0.05) is 42.1 Å². The van der Waals surface area contributed by atoms with Crippen LogP contribution in [0, 0.1) is 9.71 Å². The van der Waals surface area contributed by atoms with Crippen LogP contribution in [-0.4, -0.2) is 70.6 Å². The minimum atomic E-state index is -0.974. The molecule has 250 valence electrons. The number of pyridine rings is 2. The van der Waals surface area contributed by atoms with E-state index in [0.29, 0.717) is 11.4 Å². The van der Waals surface area contributed by atoms with Gasteiger partial charge in [-0.2, -0.15) is 0 Å². The Morgan fingerprint density at radius 3 is 1.49 bits per heavy atom. The molecular formula is C32H34Br2N4O9. The highest BCUT2D eigenvalue weighted by atomic mass is 79.9. The van der Waals surface area contributed by atoms with E-state index in [1.54, 1.807) is 19.0 Å². The molecule has 2 aromatic carbocycles. The number of carboxylic acids is 2. The number of halogens is 2. The van der Waals surface area contributed by atoms with Gasteiger partial charge in [-0.05, 0) is 74.9 Å². The second kappa shape index (κ2) is 16.8. The Morgan fingerprint density at radius 2 is 1.17 bits per heavy atom. The standard InChI is InChI=1S/2C16H17BrN2O3.O3/c2*1-22-11-4-3-10(7-11)19-15-12-6-9(17)2-5-14(12)18-8-13(15)16(20)21;1-3-2/h2*2,5-6,8,10-11H,3-4,7H2,1H3,(H,18,19)(H,20,21);/t2*10-,11-;/m10./s1. The number of aromatic carboxylic acids is 2. The predicted molar refractivity (Wildman–Crippen MR) is 184 cm³/mol. The molecule has 0 spiro atoms. The Kier molecular flexibility index (Phi) is 12.8. The Morgan fingerprint density at radius 1 is 0.787 bits per heavy atom. The first-order chi connectivity index (χ1) is 22.6. The van der Waals surface area contributed by atoms with Crippen LogP contribution in [-0.2, 0) is 9.47 Å². The molecule has 4 aromatic rings. The highest BCUT2D eigenvalue weighted by Crippen LogP contribution is 2.34. The maximum absolute atomic E-state index is 11.5. The number of aromatic nitrogens is 2. The summed E-state index contributed by atoms with van der Waals surface area (Å²) in [6.45, 7) is 0. The molecule has 0 unspecified atom stereocenters. The molecule has 4 N–H and O–H groups in total. The summed E-state index contributed by atoms with van der Waals surface area (Å²) in [5, 5.41) is 35.2. The SMILES string of the molecule is CO[C@@H]1CC[C@@H](Nc2c(C(=O)O)cnc3ccc(Br)cc23)C1.CO[C@H]1CC[C@H](Nc2c(C(=O)O)cnc3ccc(Br)cc23)C1.O=[O+][O-]. The summed E-state index contributed by atoms with van der Waals surface area (Å²) in [7, 11) is 3.43. The zero-order valence-corrected chi connectivity index (χ0v) is 28.7. The first kappa shape index (κ1) is 35.9. The van der Waals surface area contributed by atoms with E-state index in [4.69, 9.17) is 19.7 Å². The number of carbonyl (C=O) groups is 2. The van der Waals surface area contributed by atoms with E-state index >= 15 is 0 Å². The van der Waals surface area contributed by atoms with Gasteiger partial charge in [-0.25, -0.2) is 9.59 Å². The van der Waals surface area contributed by atoms with Gasteiger partial charge in [0, 0.05) is 58.4 Å². The van der Waals surface area contributed by atoms with E-state index in [1.165, 1.54) is 12.4 Å². The summed E-state index contributed by atoms with van der Waals surface area (Å²) >= 11 is 6.88. The van der Waals surface area contributed by atoms with Gasteiger partial charge in [-0.15, -0.1) is 0 Å².